The summed E-state index contributed by atoms with van der Waals surface area (Å²) in [4.78, 5) is 16.5. The van der Waals surface area contributed by atoms with Crippen molar-refractivity contribution in [3.8, 4) is 0 Å². The lowest BCUT2D eigenvalue weighted by Crippen LogP contribution is -2.43. The van der Waals surface area contributed by atoms with Gasteiger partial charge in [-0.05, 0) is 55.7 Å². The van der Waals surface area contributed by atoms with Crippen molar-refractivity contribution in [3.05, 3.63) is 35.4 Å². The van der Waals surface area contributed by atoms with Crippen molar-refractivity contribution in [1.82, 2.24) is 16.0 Å². The number of carbonyl (C=O) groups excluding carboxylic acids is 1. The standard InChI is InChI=1S/C24H40N4O2.HI/c1-4-6-16-26-22(29)21-11-9-20(10-12-21)18-27-23(25-3)28-19-24(13-7-8-14-24)15-17-30-5-2;/h9-12H,4-8,13-19H2,1-3H3,(H,26,29)(H2,25,27,28);1H. The van der Waals surface area contributed by atoms with E-state index in [-0.39, 0.29) is 29.9 Å². The predicted octanol–water partition coefficient (Wildman–Crippen LogP) is 4.49. The molecule has 0 aromatic heterocycles. The van der Waals surface area contributed by atoms with E-state index in [1.54, 1.807) is 7.05 Å². The molecular formula is C24H41IN4O2. The number of benzene rings is 1. The Morgan fingerprint density at radius 3 is 2.42 bits per heavy atom. The van der Waals surface area contributed by atoms with Crippen LogP contribution in [0.15, 0.2) is 29.3 Å². The number of hydrogen-bond donors (Lipinski definition) is 3. The van der Waals surface area contributed by atoms with Crippen LogP contribution in [0.25, 0.3) is 0 Å². The number of unbranched alkanes of at least 4 members (excludes halogenated alkanes) is 1. The van der Waals surface area contributed by atoms with Crippen LogP contribution < -0.4 is 16.0 Å². The molecule has 0 bridgehead atoms. The second kappa shape index (κ2) is 15.5. The van der Waals surface area contributed by atoms with Gasteiger partial charge in [-0.1, -0.05) is 38.3 Å². The van der Waals surface area contributed by atoms with Crippen LogP contribution >= 0.6 is 24.0 Å². The van der Waals surface area contributed by atoms with E-state index in [9.17, 15) is 4.79 Å². The lowest BCUT2D eigenvalue weighted by Gasteiger charge is -2.30. The first kappa shape index (κ1) is 27.7. The van der Waals surface area contributed by atoms with Crippen LogP contribution in [-0.4, -0.2) is 45.2 Å². The maximum Gasteiger partial charge on any atom is 0.251 e. The van der Waals surface area contributed by atoms with Crippen molar-refractivity contribution in [2.24, 2.45) is 10.4 Å². The Kier molecular flexibility index (Phi) is 13.8. The fraction of sp³-hybridized carbons (Fsp3) is 0.667. The molecule has 1 aromatic rings. The van der Waals surface area contributed by atoms with Crippen molar-refractivity contribution in [3.63, 3.8) is 0 Å². The first-order valence-electron chi connectivity index (χ1n) is 11.5. The first-order valence-corrected chi connectivity index (χ1v) is 11.5. The lowest BCUT2D eigenvalue weighted by molar-refractivity contribution is 0.0953. The fourth-order valence-corrected chi connectivity index (χ4v) is 4.01. The smallest absolute Gasteiger partial charge is 0.251 e. The zero-order chi connectivity index (χ0) is 21.7. The van der Waals surface area contributed by atoms with Crippen molar-refractivity contribution in [2.45, 2.75) is 65.3 Å². The second-order valence-corrected chi connectivity index (χ2v) is 8.24. The summed E-state index contributed by atoms with van der Waals surface area (Å²) in [6.07, 6.45) is 8.31. The Morgan fingerprint density at radius 1 is 1.10 bits per heavy atom. The number of nitrogens with zero attached hydrogens (tertiary/aromatic N) is 1. The SMILES string of the molecule is CCCCNC(=O)c1ccc(CNC(=NC)NCC2(CCOCC)CCCC2)cc1.I. The molecule has 1 fully saturated rings. The molecule has 0 atom stereocenters. The van der Waals surface area contributed by atoms with Crippen LogP contribution in [0.1, 0.15) is 74.7 Å². The summed E-state index contributed by atoms with van der Waals surface area (Å²) in [6.45, 7) is 8.11. The van der Waals surface area contributed by atoms with Gasteiger partial charge in [0.05, 0.1) is 0 Å². The third-order valence-corrected chi connectivity index (χ3v) is 5.99. The molecule has 3 N–H and O–H groups in total. The molecule has 0 unspecified atom stereocenters. The Hall–Kier alpha value is -1.35. The molecule has 0 saturated heterocycles. The number of halogens is 1. The molecule has 0 heterocycles. The van der Waals surface area contributed by atoms with E-state index in [1.165, 1.54) is 25.7 Å². The molecule has 1 amide bonds. The molecular weight excluding hydrogens is 503 g/mol. The molecule has 1 aliphatic rings. The quantitative estimate of drug-likeness (QED) is 0.157. The highest BCUT2D eigenvalue weighted by Gasteiger charge is 2.33. The summed E-state index contributed by atoms with van der Waals surface area (Å²) in [5.74, 6) is 0.813. The van der Waals surface area contributed by atoms with Gasteiger partial charge in [0.25, 0.3) is 5.91 Å². The van der Waals surface area contributed by atoms with Gasteiger partial charge in [-0.3, -0.25) is 9.79 Å². The number of guanidine groups is 1. The van der Waals surface area contributed by atoms with Gasteiger partial charge in [-0.2, -0.15) is 0 Å². The number of aliphatic imine (C=N–C) groups is 1. The van der Waals surface area contributed by atoms with Gasteiger partial charge in [-0.15, -0.1) is 24.0 Å². The molecule has 31 heavy (non-hydrogen) atoms. The molecule has 0 radical (unpaired) electrons. The molecule has 0 spiro atoms. The first-order chi connectivity index (χ1) is 14.6. The van der Waals surface area contributed by atoms with E-state index < -0.39 is 0 Å². The third-order valence-electron chi connectivity index (χ3n) is 5.99. The second-order valence-electron chi connectivity index (χ2n) is 8.24. The van der Waals surface area contributed by atoms with Gasteiger partial charge >= 0.3 is 0 Å². The normalized spacial score (nSPS) is 15.3. The predicted molar refractivity (Wildman–Crippen MR) is 139 cm³/mol. The molecule has 1 aromatic carbocycles. The van der Waals surface area contributed by atoms with Crippen LogP contribution in [0.3, 0.4) is 0 Å². The lowest BCUT2D eigenvalue weighted by atomic mass is 9.83. The van der Waals surface area contributed by atoms with Crippen LogP contribution in [0, 0.1) is 5.41 Å². The molecule has 176 valence electrons. The highest BCUT2D eigenvalue weighted by Crippen LogP contribution is 2.40. The van der Waals surface area contributed by atoms with E-state index in [4.69, 9.17) is 4.74 Å². The summed E-state index contributed by atoms with van der Waals surface area (Å²) in [6, 6.07) is 7.76. The number of amides is 1. The minimum absolute atomic E-state index is 0. The number of rotatable bonds is 12. The molecule has 0 aliphatic heterocycles. The maximum atomic E-state index is 12.1. The Labute approximate surface area is 205 Å². The van der Waals surface area contributed by atoms with Crippen molar-refractivity contribution < 1.29 is 9.53 Å². The largest absolute Gasteiger partial charge is 0.382 e. The van der Waals surface area contributed by atoms with Crippen LogP contribution in [0.5, 0.6) is 0 Å². The van der Waals surface area contributed by atoms with Gasteiger partial charge in [0, 0.05) is 45.5 Å². The third kappa shape index (κ3) is 9.76. The molecule has 6 nitrogen and oxygen atoms in total. The summed E-state index contributed by atoms with van der Waals surface area (Å²) < 4.78 is 5.61. The van der Waals surface area contributed by atoms with Crippen LogP contribution in [0.2, 0.25) is 0 Å². The van der Waals surface area contributed by atoms with Gasteiger partial charge in [-0.25, -0.2) is 0 Å². The Bertz CT molecular complexity index is 658. The molecule has 7 heteroatoms. The monoisotopic (exact) mass is 544 g/mol. The van der Waals surface area contributed by atoms with Crippen LogP contribution in [-0.2, 0) is 11.3 Å². The van der Waals surface area contributed by atoms with Crippen molar-refractivity contribution >= 4 is 35.8 Å². The van der Waals surface area contributed by atoms with Gasteiger partial charge in [0.15, 0.2) is 5.96 Å². The van der Waals surface area contributed by atoms with E-state index in [1.807, 2.05) is 24.3 Å². The Balaban J connectivity index is 0.00000480. The molecule has 1 saturated carbocycles. The number of carbonyl (C=O) groups is 1. The number of ether oxygens (including phenoxy) is 1. The number of hydrogen-bond acceptors (Lipinski definition) is 3. The molecule has 1 aliphatic carbocycles. The zero-order valence-corrected chi connectivity index (χ0v) is 21.8. The summed E-state index contributed by atoms with van der Waals surface area (Å²) in [5, 5.41) is 9.87. The highest BCUT2D eigenvalue weighted by molar-refractivity contribution is 14.0. The van der Waals surface area contributed by atoms with E-state index >= 15 is 0 Å². The topological polar surface area (TPSA) is 74.8 Å². The van der Waals surface area contributed by atoms with Gasteiger partial charge < -0.3 is 20.7 Å². The molecule has 2 rings (SSSR count). The van der Waals surface area contributed by atoms with Crippen molar-refractivity contribution in [1.29, 1.82) is 0 Å². The average Bonchev–Trinajstić information content (AvgIpc) is 3.23. The van der Waals surface area contributed by atoms with E-state index in [2.05, 4.69) is 34.8 Å². The summed E-state index contributed by atoms with van der Waals surface area (Å²) in [7, 11) is 1.81. The van der Waals surface area contributed by atoms with E-state index in [0.29, 0.717) is 17.5 Å². The highest BCUT2D eigenvalue weighted by atomic mass is 127. The summed E-state index contributed by atoms with van der Waals surface area (Å²) in [5.41, 5.74) is 2.14. The summed E-state index contributed by atoms with van der Waals surface area (Å²) >= 11 is 0. The zero-order valence-electron chi connectivity index (χ0n) is 19.5. The van der Waals surface area contributed by atoms with Gasteiger partial charge in [0.1, 0.15) is 0 Å². The minimum Gasteiger partial charge on any atom is -0.382 e. The van der Waals surface area contributed by atoms with Gasteiger partial charge in [0.2, 0.25) is 0 Å². The Morgan fingerprint density at radius 2 is 1.81 bits per heavy atom. The van der Waals surface area contributed by atoms with Crippen molar-refractivity contribution in [2.75, 3.05) is 33.4 Å². The number of nitrogens with one attached hydrogen (secondary N) is 3. The average molecular weight is 545 g/mol. The van der Waals surface area contributed by atoms with Crippen LogP contribution in [0.4, 0.5) is 0 Å². The van der Waals surface area contributed by atoms with E-state index in [0.717, 1.165) is 57.1 Å². The maximum absolute atomic E-state index is 12.1. The fourth-order valence-electron chi connectivity index (χ4n) is 4.01. The minimum atomic E-state index is -0.00523.